The molecule has 398 valence electrons. The van der Waals surface area contributed by atoms with Crippen LogP contribution in [0.15, 0.2) is 290 Å². The lowest BCUT2D eigenvalue weighted by Gasteiger charge is -2.41. The Bertz CT molecular complexity index is 6500. The van der Waals surface area contributed by atoms with Gasteiger partial charge in [0.15, 0.2) is 0 Å². The largest absolute Gasteiger partial charge is 0.456 e. The van der Waals surface area contributed by atoms with Crippen molar-refractivity contribution in [3.63, 3.8) is 0 Å². The number of hydrogen-bond donors (Lipinski definition) is 0. The summed E-state index contributed by atoms with van der Waals surface area (Å²) in [7, 11) is 0. The van der Waals surface area contributed by atoms with E-state index < -0.39 is 217 Å². The number of ether oxygens (including phenoxy) is 2. The van der Waals surface area contributed by atoms with Gasteiger partial charge in [-0.05, 0) is 153 Å². The monoisotopic (exact) mass is 1120 g/mol. The number of benzene rings is 13. The number of para-hydroxylation sites is 6. The zero-order chi connectivity index (χ0) is 82.2. The Kier molecular flexibility index (Phi) is 5.70. The normalized spacial score (nSPS) is 17.7. The number of anilines is 6. The molecule has 0 spiro atoms. The van der Waals surface area contributed by atoms with Crippen LogP contribution in [-0.4, -0.2) is 22.6 Å². The average molecular weight is 1130 g/mol. The van der Waals surface area contributed by atoms with E-state index in [9.17, 15) is 16.4 Å². The van der Waals surface area contributed by atoms with Crippen molar-refractivity contribution < 1.29 is 50.6 Å². The third-order valence-corrected chi connectivity index (χ3v) is 16.7. The summed E-state index contributed by atoms with van der Waals surface area (Å²) in [6.07, 6.45) is 0. The van der Waals surface area contributed by atoms with E-state index in [1.54, 1.807) is 60.7 Å². The highest BCUT2D eigenvalue weighted by molar-refractivity contribution is 7.02. The van der Waals surface area contributed by atoms with Crippen LogP contribution in [0.1, 0.15) is 41.1 Å². The van der Waals surface area contributed by atoms with Crippen LogP contribution in [0.5, 0.6) is 23.0 Å². The molecule has 0 amide bonds. The highest BCUT2D eigenvalue weighted by Crippen LogP contribution is 2.50. The van der Waals surface area contributed by atoms with Crippen molar-refractivity contribution in [1.82, 2.24) is 9.13 Å². The Morgan fingerprint density at radius 1 is 0.314 bits per heavy atom. The van der Waals surface area contributed by atoms with Gasteiger partial charge in [-0.3, -0.25) is 0 Å². The van der Waals surface area contributed by atoms with Crippen LogP contribution in [0.25, 0.3) is 77.2 Å². The molecule has 0 N–H and O–H groups in total. The third-order valence-electron chi connectivity index (χ3n) is 16.7. The molecule has 0 saturated carbocycles. The summed E-state index contributed by atoms with van der Waals surface area (Å²) < 4.78 is 290. The first-order valence-corrected chi connectivity index (χ1v) is 27.2. The van der Waals surface area contributed by atoms with Crippen molar-refractivity contribution in [2.75, 3.05) is 9.80 Å². The number of rotatable bonds is 8. The Morgan fingerprint density at radius 3 is 1.05 bits per heavy atom. The van der Waals surface area contributed by atoms with Crippen LogP contribution in [0.3, 0.4) is 0 Å². The molecule has 4 aliphatic rings. The third kappa shape index (κ3) is 6.69. The molecule has 0 atom stereocenters. The summed E-state index contributed by atoms with van der Waals surface area (Å²) in [5.74, 6) is 0.515. The first kappa shape index (κ1) is 27.0. The second kappa shape index (κ2) is 18.1. The van der Waals surface area contributed by atoms with Crippen LogP contribution in [0, 0.1) is 0 Å². The second-order valence-corrected chi connectivity index (χ2v) is 20.9. The van der Waals surface area contributed by atoms with Crippen molar-refractivity contribution >= 4 is 124 Å². The molecule has 0 aliphatic carbocycles. The SMILES string of the molecule is [2H]c1c([2H])c([2H])c(-c2ccc3c(c2)c2cccc4c2n3-c2c3c5c(c6c2B4c2cc(N(c4c([2H])c([2H])c([2H])c([2H])c4[2H])c4c([2H])c([2H])c([2H])c([2H])c4[2H])ccc2O6)-n2c4ccc(-c6c([2H])c([2H])c([2H])c([2H])c6[2H])cc4c4cccc(c42)B5c2cc(N(c4c([2H])c([2H])c([2H])c([2H])c4[2H])c4c([2H])c([2H])c([2H])c([2H])c4[2H])ccc2O3)c([2H])c1[2H]. The van der Waals surface area contributed by atoms with E-state index in [1.807, 2.05) is 33.4 Å². The molecule has 0 unspecified atom stereocenters. The highest BCUT2D eigenvalue weighted by atomic mass is 16.5. The van der Waals surface area contributed by atoms with Gasteiger partial charge in [-0.1, -0.05) is 181 Å². The Morgan fingerprint density at radius 2 is 0.674 bits per heavy atom. The van der Waals surface area contributed by atoms with Gasteiger partial charge in [0.2, 0.25) is 0 Å². The van der Waals surface area contributed by atoms with E-state index in [0.717, 1.165) is 9.80 Å². The number of aromatic nitrogens is 2. The van der Waals surface area contributed by atoms with Crippen LogP contribution in [0.4, 0.5) is 34.1 Å². The highest BCUT2D eigenvalue weighted by Gasteiger charge is 2.50. The minimum absolute atomic E-state index is 0.0838. The molecule has 0 bridgehead atoms. The summed E-state index contributed by atoms with van der Waals surface area (Å²) in [6, 6.07) is 8.73. The van der Waals surface area contributed by atoms with Gasteiger partial charge in [0.25, 0.3) is 13.4 Å². The molecule has 0 saturated heterocycles. The van der Waals surface area contributed by atoms with Crippen LogP contribution in [0.2, 0.25) is 0 Å². The quantitative estimate of drug-likeness (QED) is 0.142. The van der Waals surface area contributed by atoms with Gasteiger partial charge in [-0.2, -0.15) is 0 Å². The molecular weight excluding hydrogens is 1050 g/mol. The van der Waals surface area contributed by atoms with Gasteiger partial charge in [-0.15, -0.1) is 0 Å². The molecule has 19 rings (SSSR count). The van der Waals surface area contributed by atoms with E-state index in [1.165, 1.54) is 24.3 Å². The Labute approximate surface area is 539 Å². The minimum Gasteiger partial charge on any atom is -0.456 e. The maximum Gasteiger partial charge on any atom is 0.256 e. The molecule has 8 heteroatoms. The van der Waals surface area contributed by atoms with Crippen LogP contribution >= 0.6 is 0 Å². The van der Waals surface area contributed by atoms with Crippen molar-refractivity contribution in [1.29, 1.82) is 0 Å². The van der Waals surface area contributed by atoms with Gasteiger partial charge in [0.05, 0.1) is 63.5 Å². The number of nitrogens with zero attached hydrogens (tertiary/aromatic N) is 4. The Hall–Kier alpha value is -11.2. The predicted octanol–water partition coefficient (Wildman–Crippen LogP) is 16.0. The molecular formula is C78H48B2N4O2. The zero-order valence-corrected chi connectivity index (χ0v) is 44.2. The number of hydrogen-bond acceptors (Lipinski definition) is 4. The first-order chi connectivity index (χ1) is 55.1. The summed E-state index contributed by atoms with van der Waals surface area (Å²) in [6.45, 7) is -2.21. The van der Waals surface area contributed by atoms with Crippen molar-refractivity contribution in [3.05, 3.63) is 290 Å². The topological polar surface area (TPSA) is 34.8 Å². The van der Waals surface area contributed by atoms with E-state index in [4.69, 9.17) is 34.1 Å². The zero-order valence-electron chi connectivity index (χ0n) is 74.2. The molecule has 6 heterocycles. The fourth-order valence-corrected chi connectivity index (χ4v) is 13.4. The van der Waals surface area contributed by atoms with Gasteiger partial charge in [0, 0.05) is 77.6 Å². The summed E-state index contributed by atoms with van der Waals surface area (Å²) in [4.78, 5) is 2.06. The van der Waals surface area contributed by atoms with Crippen molar-refractivity contribution in [3.8, 4) is 56.6 Å². The first-order valence-electron chi connectivity index (χ1n) is 42.2. The lowest BCUT2D eigenvalue weighted by Crippen LogP contribution is -2.63. The van der Waals surface area contributed by atoms with Gasteiger partial charge in [0.1, 0.15) is 23.0 Å². The van der Waals surface area contributed by atoms with E-state index in [0.29, 0.717) is 76.8 Å². The van der Waals surface area contributed by atoms with Crippen LogP contribution < -0.4 is 52.1 Å². The molecule has 0 fully saturated rings. The lowest BCUT2D eigenvalue weighted by atomic mass is 9.31. The molecule has 13 aromatic carbocycles. The van der Waals surface area contributed by atoms with Crippen molar-refractivity contribution in [2.24, 2.45) is 0 Å². The minimum atomic E-state index is -1.10. The van der Waals surface area contributed by atoms with Gasteiger partial charge < -0.3 is 28.4 Å². The summed E-state index contributed by atoms with van der Waals surface area (Å²) in [5.41, 5.74) is 2.70. The number of fused-ring (bicyclic) bond motifs is 16. The van der Waals surface area contributed by atoms with Gasteiger partial charge in [-0.25, -0.2) is 0 Å². The summed E-state index contributed by atoms with van der Waals surface area (Å²) in [5, 5.41) is 2.07. The molecule has 86 heavy (non-hydrogen) atoms. The van der Waals surface area contributed by atoms with E-state index >= 15 is 0 Å². The molecule has 0 radical (unpaired) electrons. The van der Waals surface area contributed by atoms with E-state index in [2.05, 4.69) is 0 Å². The van der Waals surface area contributed by atoms with Gasteiger partial charge >= 0.3 is 0 Å². The summed E-state index contributed by atoms with van der Waals surface area (Å²) >= 11 is 0. The predicted molar refractivity (Wildman–Crippen MR) is 358 cm³/mol. The maximum absolute atomic E-state index is 9.46. The van der Waals surface area contributed by atoms with Crippen molar-refractivity contribution in [2.45, 2.75) is 0 Å². The Balaban J connectivity index is 0.970. The average Bonchev–Trinajstić information content (AvgIpc) is 1.49. The maximum atomic E-state index is 9.46. The smallest absolute Gasteiger partial charge is 0.256 e. The molecule has 2 aromatic heterocycles. The fraction of sp³-hybridized carbons (Fsp3) is 0. The molecule has 4 aliphatic heterocycles. The van der Waals surface area contributed by atoms with E-state index in [-0.39, 0.29) is 67.6 Å². The molecule has 6 nitrogen and oxygen atoms in total. The van der Waals surface area contributed by atoms with Crippen LogP contribution in [-0.2, 0) is 0 Å². The standard InChI is InChI=1S/C78H48B2N4O2/c1-7-21-49(22-8-1)51-37-41-67-61(45-51)59-33-19-35-63-73(59)83(67)75-71-78(86-69-43-39-57(47-65(69)79(63)71)81(53-25-11-3-12-26-53)54-27-13-4-14-28-54)76-72-77(75)85-70-44-40-58(82(55-29-15-5-16-30-55)56-31-17-6-18-32-56)48-66(70)80(72)64-36-20-34-60-62-46-52(50-23-9-2-10-24-50)38-42-68(62)84(76)74(60)64/h1-48H/i1D,2D,3D,4D,5D,6D,7D,8D,9D,10D,11D,12D,13D,14D,15D,16D,17D,18D,21D,22D,23D,24D,25D,26D,27D,28D,29D,30D,31D,32D. The fourth-order valence-electron chi connectivity index (χ4n) is 13.4. The molecule has 15 aromatic rings. The second-order valence-electron chi connectivity index (χ2n) is 20.9. The lowest BCUT2D eigenvalue weighted by molar-refractivity contribution is 0.472.